The van der Waals surface area contributed by atoms with Gasteiger partial charge in [-0.15, -0.1) is 5.73 Å². The first-order valence-corrected chi connectivity index (χ1v) is 5.25. The molecule has 2 heteroatoms. The van der Waals surface area contributed by atoms with Gasteiger partial charge in [0.2, 0.25) is 5.91 Å². The van der Waals surface area contributed by atoms with Crippen LogP contribution in [0.5, 0.6) is 0 Å². The number of hydrogen-bond donors (Lipinski definition) is 1. The van der Waals surface area contributed by atoms with E-state index in [2.05, 4.69) is 31.5 Å². The number of nitrogens with one attached hydrogen (secondary N) is 1. The fourth-order valence-corrected chi connectivity index (χ4v) is 1.30. The molecule has 80 valence electrons. The average molecular weight is 195 g/mol. The van der Waals surface area contributed by atoms with E-state index in [1.807, 2.05) is 0 Å². The molecule has 0 aliphatic heterocycles. The van der Waals surface area contributed by atoms with Crippen LogP contribution in [0, 0.1) is 5.92 Å². The van der Waals surface area contributed by atoms with Gasteiger partial charge in [-0.3, -0.25) is 4.79 Å². The van der Waals surface area contributed by atoms with Crippen LogP contribution in [0.3, 0.4) is 0 Å². The van der Waals surface area contributed by atoms with Crippen LogP contribution in [-0.2, 0) is 4.79 Å². The lowest BCUT2D eigenvalue weighted by Crippen LogP contribution is -2.26. The second-order valence-electron chi connectivity index (χ2n) is 3.64. The van der Waals surface area contributed by atoms with Gasteiger partial charge in [0.1, 0.15) is 0 Å². The van der Waals surface area contributed by atoms with Gasteiger partial charge in [0, 0.05) is 19.4 Å². The maximum Gasteiger partial charge on any atom is 0.216 e. The third-order valence-electron chi connectivity index (χ3n) is 2.28. The molecule has 0 aliphatic carbocycles. The molecular weight excluding hydrogens is 174 g/mol. The molecule has 1 N–H and O–H groups in total. The van der Waals surface area contributed by atoms with E-state index in [4.69, 9.17) is 0 Å². The van der Waals surface area contributed by atoms with Crippen LogP contribution in [0.1, 0.15) is 40.0 Å². The fraction of sp³-hybridized carbons (Fsp3) is 0.667. The molecule has 14 heavy (non-hydrogen) atoms. The number of rotatable bonds is 6. The van der Waals surface area contributed by atoms with Gasteiger partial charge < -0.3 is 5.32 Å². The highest BCUT2D eigenvalue weighted by atomic mass is 16.1. The molecule has 0 spiro atoms. The molecule has 1 amide bonds. The minimum Gasteiger partial charge on any atom is -0.356 e. The first kappa shape index (κ1) is 13.0. The SMILES string of the molecule is C=C=C(CCCC)C(C)CNC(C)=O. The monoisotopic (exact) mass is 195 g/mol. The highest BCUT2D eigenvalue weighted by Gasteiger charge is 2.07. The van der Waals surface area contributed by atoms with E-state index in [0.29, 0.717) is 12.5 Å². The Kier molecular flexibility index (Phi) is 6.87. The molecule has 0 bridgehead atoms. The smallest absolute Gasteiger partial charge is 0.216 e. The highest BCUT2D eigenvalue weighted by Crippen LogP contribution is 2.15. The molecule has 1 atom stereocenters. The van der Waals surface area contributed by atoms with E-state index in [-0.39, 0.29) is 5.91 Å². The van der Waals surface area contributed by atoms with Crippen molar-refractivity contribution >= 4 is 5.91 Å². The standard InChI is InChI=1S/C12H21NO/c1-5-7-8-12(6-2)10(3)9-13-11(4)14/h10H,2,5,7-9H2,1,3-4H3,(H,13,14). The topological polar surface area (TPSA) is 29.1 Å². The molecule has 0 radical (unpaired) electrons. The van der Waals surface area contributed by atoms with Crippen molar-refractivity contribution in [3.8, 4) is 0 Å². The van der Waals surface area contributed by atoms with E-state index in [9.17, 15) is 4.79 Å². The molecule has 0 saturated heterocycles. The molecule has 0 aromatic heterocycles. The molecule has 0 saturated carbocycles. The Morgan fingerprint density at radius 1 is 1.57 bits per heavy atom. The van der Waals surface area contributed by atoms with Crippen LogP contribution in [0.25, 0.3) is 0 Å². The highest BCUT2D eigenvalue weighted by molar-refractivity contribution is 5.72. The Hall–Kier alpha value is -1.01. The summed E-state index contributed by atoms with van der Waals surface area (Å²) in [7, 11) is 0. The van der Waals surface area contributed by atoms with Crippen LogP contribution in [0.4, 0.5) is 0 Å². The average Bonchev–Trinajstić information content (AvgIpc) is 2.16. The fourth-order valence-electron chi connectivity index (χ4n) is 1.30. The molecule has 0 heterocycles. The molecular formula is C12H21NO. The van der Waals surface area contributed by atoms with E-state index >= 15 is 0 Å². The summed E-state index contributed by atoms with van der Waals surface area (Å²) < 4.78 is 0. The Labute approximate surface area is 87.1 Å². The summed E-state index contributed by atoms with van der Waals surface area (Å²) in [5, 5.41) is 2.81. The van der Waals surface area contributed by atoms with Gasteiger partial charge in [-0.2, -0.15) is 0 Å². The van der Waals surface area contributed by atoms with Crippen molar-refractivity contribution < 1.29 is 4.79 Å². The Balaban J connectivity index is 3.99. The second kappa shape index (κ2) is 7.40. The maximum absolute atomic E-state index is 10.7. The molecule has 2 nitrogen and oxygen atoms in total. The minimum atomic E-state index is 0.0238. The van der Waals surface area contributed by atoms with Crippen molar-refractivity contribution in [1.29, 1.82) is 0 Å². The van der Waals surface area contributed by atoms with Crippen LogP contribution in [0.2, 0.25) is 0 Å². The minimum absolute atomic E-state index is 0.0238. The summed E-state index contributed by atoms with van der Waals surface area (Å²) in [5.41, 5.74) is 4.20. The second-order valence-corrected chi connectivity index (χ2v) is 3.64. The summed E-state index contributed by atoms with van der Waals surface area (Å²) in [6, 6.07) is 0. The molecule has 0 aliphatic rings. The lowest BCUT2D eigenvalue weighted by Gasteiger charge is -2.13. The third-order valence-corrected chi connectivity index (χ3v) is 2.28. The van der Waals surface area contributed by atoms with Crippen molar-refractivity contribution in [3.05, 3.63) is 17.9 Å². The number of carbonyl (C=O) groups excluding carboxylic acids is 1. The number of carbonyl (C=O) groups is 1. The zero-order valence-corrected chi connectivity index (χ0v) is 9.52. The predicted molar refractivity (Wildman–Crippen MR) is 60.0 cm³/mol. The number of amides is 1. The molecule has 0 rings (SSSR count). The summed E-state index contributed by atoms with van der Waals surface area (Å²) >= 11 is 0. The van der Waals surface area contributed by atoms with Gasteiger partial charge in [0.25, 0.3) is 0 Å². The molecule has 1 unspecified atom stereocenters. The van der Waals surface area contributed by atoms with Crippen molar-refractivity contribution in [3.63, 3.8) is 0 Å². The van der Waals surface area contributed by atoms with Gasteiger partial charge in [-0.25, -0.2) is 0 Å². The van der Waals surface area contributed by atoms with Gasteiger partial charge in [-0.1, -0.05) is 26.8 Å². The maximum atomic E-state index is 10.7. The van der Waals surface area contributed by atoms with Crippen LogP contribution in [-0.4, -0.2) is 12.5 Å². The van der Waals surface area contributed by atoms with Gasteiger partial charge in [0.15, 0.2) is 0 Å². The summed E-state index contributed by atoms with van der Waals surface area (Å²) in [6.45, 7) is 10.2. The van der Waals surface area contributed by atoms with Crippen molar-refractivity contribution in [2.24, 2.45) is 5.92 Å². The van der Waals surface area contributed by atoms with E-state index in [1.54, 1.807) is 0 Å². The lowest BCUT2D eigenvalue weighted by atomic mass is 9.97. The summed E-state index contributed by atoms with van der Waals surface area (Å²) in [5.74, 6) is 0.374. The lowest BCUT2D eigenvalue weighted by molar-refractivity contribution is -0.119. The molecule has 0 aromatic rings. The van der Waals surface area contributed by atoms with Crippen LogP contribution >= 0.6 is 0 Å². The Morgan fingerprint density at radius 2 is 2.21 bits per heavy atom. The number of unbranched alkanes of at least 4 members (excludes halogenated alkanes) is 1. The quantitative estimate of drug-likeness (QED) is 0.649. The largest absolute Gasteiger partial charge is 0.356 e. The van der Waals surface area contributed by atoms with Gasteiger partial charge in [0.05, 0.1) is 0 Å². The van der Waals surface area contributed by atoms with Crippen LogP contribution < -0.4 is 5.32 Å². The van der Waals surface area contributed by atoms with Gasteiger partial charge in [-0.05, 0) is 18.4 Å². The summed E-state index contributed by atoms with van der Waals surface area (Å²) in [6.07, 6.45) is 3.39. The normalized spacial score (nSPS) is 11.6. The zero-order valence-electron chi connectivity index (χ0n) is 9.52. The Bertz CT molecular complexity index is 226. The zero-order chi connectivity index (χ0) is 11.0. The van der Waals surface area contributed by atoms with E-state index in [1.165, 1.54) is 25.3 Å². The Morgan fingerprint density at radius 3 is 2.64 bits per heavy atom. The van der Waals surface area contributed by atoms with Gasteiger partial charge >= 0.3 is 0 Å². The third kappa shape index (κ3) is 5.60. The number of hydrogen-bond acceptors (Lipinski definition) is 1. The first-order valence-electron chi connectivity index (χ1n) is 5.25. The predicted octanol–water partition coefficient (Wildman–Crippen LogP) is 2.66. The van der Waals surface area contributed by atoms with Crippen LogP contribution in [0.15, 0.2) is 17.9 Å². The van der Waals surface area contributed by atoms with E-state index in [0.717, 1.165) is 6.42 Å². The van der Waals surface area contributed by atoms with Crippen molar-refractivity contribution in [2.45, 2.75) is 40.0 Å². The van der Waals surface area contributed by atoms with Crippen molar-refractivity contribution in [1.82, 2.24) is 5.32 Å². The molecule has 0 fully saturated rings. The first-order chi connectivity index (χ1) is 6.61. The van der Waals surface area contributed by atoms with E-state index < -0.39 is 0 Å². The molecule has 0 aromatic carbocycles. The summed E-state index contributed by atoms with van der Waals surface area (Å²) in [4.78, 5) is 10.7. The van der Waals surface area contributed by atoms with Crippen molar-refractivity contribution in [2.75, 3.05) is 6.54 Å².